The summed E-state index contributed by atoms with van der Waals surface area (Å²) < 4.78 is 69.9. The number of aromatic nitrogens is 2. The van der Waals surface area contributed by atoms with E-state index in [0.717, 1.165) is 6.07 Å². The van der Waals surface area contributed by atoms with Gasteiger partial charge in [-0.1, -0.05) is 0 Å². The largest absolute Gasteiger partial charge is 0.471 e. The third kappa shape index (κ3) is 4.16. The van der Waals surface area contributed by atoms with Crippen LogP contribution in [0.15, 0.2) is 6.07 Å². The highest BCUT2D eigenvalue weighted by Gasteiger charge is 2.58. The van der Waals surface area contributed by atoms with Crippen molar-refractivity contribution in [3.63, 3.8) is 0 Å². The van der Waals surface area contributed by atoms with Crippen LogP contribution < -0.4 is 10.5 Å². The van der Waals surface area contributed by atoms with Crippen molar-refractivity contribution in [1.82, 2.24) is 9.97 Å². The summed E-state index contributed by atoms with van der Waals surface area (Å²) in [6.45, 7) is -1.98. The van der Waals surface area contributed by atoms with E-state index in [9.17, 15) is 22.0 Å². The highest BCUT2D eigenvalue weighted by atomic mass is 19.4. The van der Waals surface area contributed by atoms with Gasteiger partial charge in [0.2, 0.25) is 5.88 Å². The van der Waals surface area contributed by atoms with Gasteiger partial charge in [-0.05, 0) is 0 Å². The van der Waals surface area contributed by atoms with Gasteiger partial charge in [0.05, 0.1) is 0 Å². The molecule has 1 aromatic heterocycles. The van der Waals surface area contributed by atoms with E-state index in [2.05, 4.69) is 19.4 Å². The molecule has 0 amide bonds. The number of halogens is 5. The number of anilines is 1. The van der Waals surface area contributed by atoms with Crippen molar-refractivity contribution < 1.29 is 31.4 Å². The lowest BCUT2D eigenvalue weighted by Gasteiger charge is -2.19. The summed E-state index contributed by atoms with van der Waals surface area (Å²) in [4.78, 5) is 7.24. The topological polar surface area (TPSA) is 70.3 Å². The number of ether oxygens (including phenoxy) is 2. The Balaban J connectivity index is 2.78. The van der Waals surface area contributed by atoms with Gasteiger partial charge < -0.3 is 15.2 Å². The van der Waals surface area contributed by atoms with Gasteiger partial charge in [0, 0.05) is 13.2 Å². The Labute approximate surface area is 104 Å². The molecule has 1 aromatic rings. The molecule has 0 aromatic carbocycles. The Morgan fingerprint density at radius 2 is 1.84 bits per heavy atom. The summed E-state index contributed by atoms with van der Waals surface area (Å²) in [7, 11) is 1.32. The fourth-order valence-electron chi connectivity index (χ4n) is 1.01. The number of methoxy groups -OCH3 is 1. The minimum absolute atomic E-state index is 0.00725. The molecular formula is C9H10F5N3O2. The molecule has 10 heteroatoms. The molecule has 0 bridgehead atoms. The molecular weight excluding hydrogens is 277 g/mol. The molecule has 0 aliphatic heterocycles. The highest BCUT2D eigenvalue weighted by molar-refractivity contribution is 5.32. The predicted molar refractivity (Wildman–Crippen MR) is 53.7 cm³/mol. The lowest BCUT2D eigenvalue weighted by molar-refractivity contribution is -0.290. The first-order valence-corrected chi connectivity index (χ1v) is 4.85. The average Bonchev–Trinajstić information content (AvgIpc) is 2.25. The van der Waals surface area contributed by atoms with Gasteiger partial charge in [-0.25, -0.2) is 4.98 Å². The van der Waals surface area contributed by atoms with Crippen molar-refractivity contribution in [3.8, 4) is 5.88 Å². The van der Waals surface area contributed by atoms with Crippen LogP contribution in [0.5, 0.6) is 5.88 Å². The average molecular weight is 287 g/mol. The Hall–Kier alpha value is -1.71. The lowest BCUT2D eigenvalue weighted by Crippen LogP contribution is -2.41. The Morgan fingerprint density at radius 3 is 2.37 bits per heavy atom. The van der Waals surface area contributed by atoms with Gasteiger partial charge in [0.25, 0.3) is 0 Å². The SMILES string of the molecule is COCc1nc(N)cc(OCC(F)(F)C(F)(F)F)n1. The van der Waals surface area contributed by atoms with Crippen LogP contribution in [0.1, 0.15) is 5.82 Å². The number of alkyl halides is 5. The molecule has 0 aliphatic rings. The number of nitrogen functional groups attached to an aromatic ring is 1. The van der Waals surface area contributed by atoms with Crippen molar-refractivity contribution in [2.24, 2.45) is 0 Å². The van der Waals surface area contributed by atoms with Gasteiger partial charge in [0.15, 0.2) is 12.4 Å². The summed E-state index contributed by atoms with van der Waals surface area (Å²) in [5.41, 5.74) is 5.32. The van der Waals surface area contributed by atoms with E-state index in [4.69, 9.17) is 5.73 Å². The van der Waals surface area contributed by atoms with E-state index in [0.29, 0.717) is 0 Å². The van der Waals surface area contributed by atoms with E-state index < -0.39 is 24.6 Å². The number of hydrogen-bond acceptors (Lipinski definition) is 5. The van der Waals surface area contributed by atoms with E-state index in [1.165, 1.54) is 7.11 Å². The van der Waals surface area contributed by atoms with Gasteiger partial charge in [-0.3, -0.25) is 0 Å². The second kappa shape index (κ2) is 5.51. The Kier molecular flexibility index (Phi) is 4.45. The minimum Gasteiger partial charge on any atom is -0.471 e. The van der Waals surface area contributed by atoms with Crippen LogP contribution in [0, 0.1) is 0 Å². The third-order valence-corrected chi connectivity index (χ3v) is 1.86. The first-order valence-electron chi connectivity index (χ1n) is 4.85. The molecule has 0 saturated heterocycles. The minimum atomic E-state index is -5.69. The predicted octanol–water partition coefficient (Wildman–Crippen LogP) is 1.78. The molecule has 0 radical (unpaired) electrons. The molecule has 2 N–H and O–H groups in total. The van der Waals surface area contributed by atoms with Gasteiger partial charge >= 0.3 is 12.1 Å². The quantitative estimate of drug-likeness (QED) is 0.836. The van der Waals surface area contributed by atoms with Gasteiger partial charge in [-0.2, -0.15) is 26.9 Å². The number of nitrogens with two attached hydrogens (primary N) is 1. The van der Waals surface area contributed by atoms with Crippen LogP contribution in [0.3, 0.4) is 0 Å². The molecule has 0 aliphatic carbocycles. The van der Waals surface area contributed by atoms with Crippen molar-refractivity contribution in [2.45, 2.75) is 18.7 Å². The van der Waals surface area contributed by atoms with Crippen molar-refractivity contribution in [1.29, 1.82) is 0 Å². The molecule has 0 saturated carbocycles. The normalized spacial score (nSPS) is 12.5. The molecule has 1 heterocycles. The van der Waals surface area contributed by atoms with Crippen LogP contribution in [-0.4, -0.2) is 35.8 Å². The lowest BCUT2D eigenvalue weighted by atomic mass is 10.3. The maximum Gasteiger partial charge on any atom is 0.456 e. The Morgan fingerprint density at radius 1 is 1.21 bits per heavy atom. The molecule has 0 unspecified atom stereocenters. The standard InChI is InChI=1S/C9H10F5N3O2/c1-18-3-6-16-5(15)2-7(17-6)19-4-8(10,11)9(12,13)14/h2H,3-4H2,1H3,(H2,15,16,17). The number of nitrogens with zero attached hydrogens (tertiary/aromatic N) is 2. The highest BCUT2D eigenvalue weighted by Crippen LogP contribution is 2.35. The summed E-state index contributed by atoms with van der Waals surface area (Å²) in [6.07, 6.45) is -5.69. The number of rotatable bonds is 5. The zero-order chi connectivity index (χ0) is 14.7. The zero-order valence-electron chi connectivity index (χ0n) is 9.67. The fourth-order valence-corrected chi connectivity index (χ4v) is 1.01. The maximum atomic E-state index is 12.6. The number of hydrogen-bond donors (Lipinski definition) is 1. The van der Waals surface area contributed by atoms with Crippen molar-refractivity contribution >= 4 is 5.82 Å². The first-order chi connectivity index (χ1) is 8.65. The summed E-state index contributed by atoms with van der Waals surface area (Å²) in [6, 6.07) is 0.936. The third-order valence-electron chi connectivity index (χ3n) is 1.86. The van der Waals surface area contributed by atoms with E-state index in [1.807, 2.05) is 0 Å². The van der Waals surface area contributed by atoms with E-state index in [1.54, 1.807) is 0 Å². The monoisotopic (exact) mass is 287 g/mol. The maximum absolute atomic E-state index is 12.6. The van der Waals surface area contributed by atoms with E-state index in [-0.39, 0.29) is 18.2 Å². The summed E-state index contributed by atoms with van der Waals surface area (Å²) in [5.74, 6) is -5.59. The molecule has 19 heavy (non-hydrogen) atoms. The molecule has 0 spiro atoms. The zero-order valence-corrected chi connectivity index (χ0v) is 9.67. The smallest absolute Gasteiger partial charge is 0.456 e. The van der Waals surface area contributed by atoms with Crippen LogP contribution in [-0.2, 0) is 11.3 Å². The van der Waals surface area contributed by atoms with Crippen LogP contribution in [0.4, 0.5) is 27.8 Å². The van der Waals surface area contributed by atoms with Crippen LogP contribution >= 0.6 is 0 Å². The second-order valence-electron chi connectivity index (χ2n) is 3.47. The van der Waals surface area contributed by atoms with Gasteiger partial charge in [0.1, 0.15) is 12.4 Å². The first kappa shape index (κ1) is 15.3. The van der Waals surface area contributed by atoms with Crippen LogP contribution in [0.25, 0.3) is 0 Å². The molecule has 1 rings (SSSR count). The van der Waals surface area contributed by atoms with Crippen molar-refractivity contribution in [3.05, 3.63) is 11.9 Å². The van der Waals surface area contributed by atoms with Crippen molar-refractivity contribution in [2.75, 3.05) is 19.5 Å². The molecule has 108 valence electrons. The molecule has 0 fully saturated rings. The van der Waals surface area contributed by atoms with E-state index >= 15 is 0 Å². The van der Waals surface area contributed by atoms with Gasteiger partial charge in [-0.15, -0.1) is 0 Å². The molecule has 5 nitrogen and oxygen atoms in total. The Bertz CT molecular complexity index is 438. The van der Waals surface area contributed by atoms with Crippen LogP contribution in [0.2, 0.25) is 0 Å². The fraction of sp³-hybridized carbons (Fsp3) is 0.556. The molecule has 0 atom stereocenters. The second-order valence-corrected chi connectivity index (χ2v) is 3.47. The summed E-state index contributed by atoms with van der Waals surface area (Å²) in [5, 5.41) is 0. The summed E-state index contributed by atoms with van der Waals surface area (Å²) >= 11 is 0.